The van der Waals surface area contributed by atoms with Crippen molar-refractivity contribution in [3.8, 4) is 0 Å². The first-order chi connectivity index (χ1) is 13.7. The fourth-order valence-corrected chi connectivity index (χ4v) is 5.72. The molecular weight excluding hydrogens is 414 g/mol. The number of carbonyl (C=O) groups is 2. The number of thiophene rings is 1. The molecule has 3 aromatic rings. The van der Waals surface area contributed by atoms with Crippen LogP contribution >= 0.6 is 34.4 Å². The average Bonchev–Trinajstić information content (AvgIpc) is 3.35. The summed E-state index contributed by atoms with van der Waals surface area (Å²) in [4.78, 5) is 30.4. The van der Waals surface area contributed by atoms with E-state index < -0.39 is 12.0 Å². The summed E-state index contributed by atoms with van der Waals surface area (Å²) in [7, 11) is 0. The molecule has 1 atom stereocenters. The molecule has 6 nitrogen and oxygen atoms in total. The Hall–Kier alpha value is -2.36. The Morgan fingerprint density at radius 3 is 2.89 bits per heavy atom. The van der Waals surface area contributed by atoms with E-state index >= 15 is 0 Å². The van der Waals surface area contributed by atoms with Gasteiger partial charge in [0.1, 0.15) is 0 Å². The maximum atomic E-state index is 12.7. The van der Waals surface area contributed by atoms with Crippen LogP contribution in [-0.2, 0) is 9.53 Å². The molecule has 4 rings (SSSR count). The maximum Gasteiger partial charge on any atom is 0.338 e. The average molecular weight is 432 g/mol. The first-order valence-corrected chi connectivity index (χ1v) is 11.3. The van der Waals surface area contributed by atoms with E-state index in [0.717, 1.165) is 19.4 Å². The molecule has 0 radical (unpaired) electrons. The van der Waals surface area contributed by atoms with Crippen LogP contribution < -0.4 is 10.6 Å². The standard InChI is InChI=1S/C19H17N3O3S3/c1-2-25-17(23)15-12(20-18(24)22-16(15)14-8-5-9-26-14)10-27-19-21-11-6-3-4-7-13(11)28-19/h3-9,16H,2,10H2,1H3,(H2,20,22,24)/t16-/m0/s1. The van der Waals surface area contributed by atoms with Crippen molar-refractivity contribution in [3.63, 3.8) is 0 Å². The van der Waals surface area contributed by atoms with Crippen molar-refractivity contribution in [2.75, 3.05) is 12.4 Å². The highest BCUT2D eigenvalue weighted by molar-refractivity contribution is 8.01. The highest BCUT2D eigenvalue weighted by atomic mass is 32.2. The van der Waals surface area contributed by atoms with Crippen molar-refractivity contribution < 1.29 is 14.3 Å². The number of thiazole rings is 1. The summed E-state index contributed by atoms with van der Waals surface area (Å²) >= 11 is 4.58. The second-order valence-electron chi connectivity index (χ2n) is 5.90. The molecule has 9 heteroatoms. The van der Waals surface area contributed by atoms with E-state index in [-0.39, 0.29) is 12.6 Å². The number of nitrogens with one attached hydrogen (secondary N) is 2. The predicted molar refractivity (Wildman–Crippen MR) is 113 cm³/mol. The zero-order chi connectivity index (χ0) is 19.5. The smallest absolute Gasteiger partial charge is 0.338 e. The summed E-state index contributed by atoms with van der Waals surface area (Å²) < 4.78 is 7.26. The molecule has 2 aromatic heterocycles. The van der Waals surface area contributed by atoms with Crippen LogP contribution in [0.3, 0.4) is 0 Å². The lowest BCUT2D eigenvalue weighted by Crippen LogP contribution is -2.46. The largest absolute Gasteiger partial charge is 0.463 e. The minimum absolute atomic E-state index is 0.270. The Labute approximate surface area is 174 Å². The number of rotatable bonds is 6. The van der Waals surface area contributed by atoms with Crippen LogP contribution in [0.5, 0.6) is 0 Å². The van der Waals surface area contributed by atoms with E-state index in [2.05, 4.69) is 15.6 Å². The van der Waals surface area contributed by atoms with E-state index in [4.69, 9.17) is 4.74 Å². The number of carbonyl (C=O) groups excluding carboxylic acids is 2. The zero-order valence-corrected chi connectivity index (χ0v) is 17.4. The molecule has 0 spiro atoms. The number of fused-ring (bicyclic) bond motifs is 1. The van der Waals surface area contributed by atoms with Gasteiger partial charge >= 0.3 is 12.0 Å². The number of urea groups is 1. The molecule has 144 valence electrons. The molecule has 2 amide bonds. The Morgan fingerprint density at radius 2 is 2.14 bits per heavy atom. The highest BCUT2D eigenvalue weighted by Crippen LogP contribution is 2.34. The van der Waals surface area contributed by atoms with Crippen molar-refractivity contribution in [2.24, 2.45) is 0 Å². The molecule has 0 fully saturated rings. The number of para-hydroxylation sites is 1. The lowest BCUT2D eigenvalue weighted by Gasteiger charge is -2.28. The first-order valence-electron chi connectivity index (χ1n) is 8.65. The minimum atomic E-state index is -0.515. The van der Waals surface area contributed by atoms with Gasteiger partial charge in [-0.3, -0.25) is 0 Å². The van der Waals surface area contributed by atoms with Crippen LogP contribution in [-0.4, -0.2) is 29.3 Å². The number of hydrogen-bond acceptors (Lipinski definition) is 7. The normalized spacial score (nSPS) is 16.8. The van der Waals surface area contributed by atoms with Crippen molar-refractivity contribution in [1.82, 2.24) is 15.6 Å². The van der Waals surface area contributed by atoms with Gasteiger partial charge in [-0.25, -0.2) is 14.6 Å². The predicted octanol–water partition coefficient (Wildman–Crippen LogP) is 4.32. The lowest BCUT2D eigenvalue weighted by atomic mass is 10.0. The zero-order valence-electron chi connectivity index (χ0n) is 14.9. The molecule has 2 N–H and O–H groups in total. The molecule has 28 heavy (non-hydrogen) atoms. The maximum absolute atomic E-state index is 12.7. The third-order valence-electron chi connectivity index (χ3n) is 4.09. The van der Waals surface area contributed by atoms with Gasteiger partial charge in [-0.2, -0.15) is 0 Å². The number of nitrogens with zero attached hydrogens (tertiary/aromatic N) is 1. The fraction of sp³-hybridized carbons (Fsp3) is 0.211. The highest BCUT2D eigenvalue weighted by Gasteiger charge is 2.34. The van der Waals surface area contributed by atoms with E-state index in [0.29, 0.717) is 17.0 Å². The van der Waals surface area contributed by atoms with Crippen molar-refractivity contribution in [1.29, 1.82) is 0 Å². The Bertz CT molecular complexity index is 1010. The first kappa shape index (κ1) is 19.0. The number of esters is 1. The molecule has 0 saturated carbocycles. The summed E-state index contributed by atoms with van der Waals surface area (Å²) in [5.41, 5.74) is 1.95. The van der Waals surface area contributed by atoms with E-state index in [9.17, 15) is 9.59 Å². The van der Waals surface area contributed by atoms with E-state index in [1.165, 1.54) is 23.1 Å². The second-order valence-corrected chi connectivity index (χ2v) is 9.13. The third kappa shape index (κ3) is 3.91. The molecule has 3 heterocycles. The third-order valence-corrected chi connectivity index (χ3v) is 7.23. The van der Waals surface area contributed by atoms with Crippen LogP contribution in [0, 0.1) is 0 Å². The van der Waals surface area contributed by atoms with Gasteiger partial charge < -0.3 is 15.4 Å². The van der Waals surface area contributed by atoms with Gasteiger partial charge in [0.2, 0.25) is 0 Å². The Balaban J connectivity index is 1.65. The fourth-order valence-electron chi connectivity index (χ4n) is 2.90. The number of benzene rings is 1. The van der Waals surface area contributed by atoms with Gasteiger partial charge in [-0.15, -0.1) is 22.7 Å². The Kier molecular flexibility index (Phi) is 5.65. The molecular formula is C19H17N3O3S3. The summed E-state index contributed by atoms with van der Waals surface area (Å²) in [5.74, 6) is -0.00296. The molecule has 0 aliphatic carbocycles. The second kappa shape index (κ2) is 8.34. The number of hydrogen-bond donors (Lipinski definition) is 2. The van der Waals surface area contributed by atoms with Gasteiger partial charge in [0.25, 0.3) is 0 Å². The topological polar surface area (TPSA) is 80.3 Å². The van der Waals surface area contributed by atoms with Crippen molar-refractivity contribution in [3.05, 3.63) is 57.9 Å². The number of aromatic nitrogens is 1. The summed E-state index contributed by atoms with van der Waals surface area (Å²) in [6.07, 6.45) is 0. The SMILES string of the molecule is CCOC(=O)C1=C(CSc2nc3ccccc3s2)NC(=O)N[C@H]1c1cccs1. The Morgan fingerprint density at radius 1 is 1.29 bits per heavy atom. The lowest BCUT2D eigenvalue weighted by molar-refractivity contribution is -0.139. The van der Waals surface area contributed by atoms with Gasteiger partial charge in [-0.05, 0) is 30.5 Å². The monoisotopic (exact) mass is 431 g/mol. The van der Waals surface area contributed by atoms with Crippen LogP contribution in [0.1, 0.15) is 17.8 Å². The van der Waals surface area contributed by atoms with Crippen molar-refractivity contribution >= 4 is 56.7 Å². The molecule has 0 bridgehead atoms. The minimum Gasteiger partial charge on any atom is -0.463 e. The molecule has 1 aliphatic rings. The van der Waals surface area contributed by atoms with Crippen molar-refractivity contribution in [2.45, 2.75) is 17.3 Å². The molecule has 1 aromatic carbocycles. The van der Waals surface area contributed by atoms with E-state index in [1.54, 1.807) is 18.3 Å². The van der Waals surface area contributed by atoms with Gasteiger partial charge in [0, 0.05) is 16.3 Å². The van der Waals surface area contributed by atoms with Crippen LogP contribution in [0.2, 0.25) is 0 Å². The number of ether oxygens (including phenoxy) is 1. The van der Waals surface area contributed by atoms with Gasteiger partial charge in [0.15, 0.2) is 4.34 Å². The summed E-state index contributed by atoms with van der Waals surface area (Å²) in [5, 5.41) is 7.55. The molecule has 0 unspecified atom stereocenters. The van der Waals surface area contributed by atoms with Gasteiger partial charge in [0.05, 0.1) is 28.4 Å². The quantitative estimate of drug-likeness (QED) is 0.449. The van der Waals surface area contributed by atoms with E-state index in [1.807, 2.05) is 41.8 Å². The number of amides is 2. The summed E-state index contributed by atoms with van der Waals surface area (Å²) in [6, 6.07) is 10.9. The van der Waals surface area contributed by atoms with Crippen LogP contribution in [0.25, 0.3) is 10.2 Å². The van der Waals surface area contributed by atoms with Crippen LogP contribution in [0.15, 0.2) is 57.4 Å². The molecule has 1 aliphatic heterocycles. The number of thioether (sulfide) groups is 1. The molecule has 0 saturated heterocycles. The summed E-state index contributed by atoms with van der Waals surface area (Å²) in [6.45, 7) is 2.04. The van der Waals surface area contributed by atoms with Crippen LogP contribution in [0.4, 0.5) is 4.79 Å². The van der Waals surface area contributed by atoms with Gasteiger partial charge in [-0.1, -0.05) is 30.0 Å².